The smallest absolute Gasteiger partial charge is 0.197 e. The number of phenols is 1. The maximum atomic E-state index is 12.5. The second-order valence-corrected chi connectivity index (χ2v) is 5.15. The van der Waals surface area contributed by atoms with Gasteiger partial charge in [-0.05, 0) is 30.3 Å². The third kappa shape index (κ3) is 2.57. The molecule has 6 nitrogen and oxygen atoms in total. The second-order valence-electron chi connectivity index (χ2n) is 5.15. The molecule has 0 aliphatic carbocycles. The summed E-state index contributed by atoms with van der Waals surface area (Å²) < 4.78 is 16.0. The number of fused-ring (bicyclic) bond motifs is 1. The number of aromatic hydroxyl groups is 1. The van der Waals surface area contributed by atoms with Crippen LogP contribution in [0.2, 0.25) is 0 Å². The molecule has 0 saturated heterocycles. The Kier molecular flexibility index (Phi) is 4.14. The molecule has 1 aromatic heterocycles. The molecule has 0 amide bonds. The highest BCUT2D eigenvalue weighted by atomic mass is 16.5. The molecule has 24 heavy (non-hydrogen) atoms. The van der Waals surface area contributed by atoms with Gasteiger partial charge in [0.05, 0.1) is 20.8 Å². The van der Waals surface area contributed by atoms with E-state index in [1.165, 1.54) is 19.2 Å². The zero-order chi connectivity index (χ0) is 17.3. The summed E-state index contributed by atoms with van der Waals surface area (Å²) in [6.45, 7) is -0.408. The molecule has 1 heterocycles. The molecule has 0 atom stereocenters. The first kappa shape index (κ1) is 15.9. The van der Waals surface area contributed by atoms with Crippen molar-refractivity contribution in [2.45, 2.75) is 6.61 Å². The highest BCUT2D eigenvalue weighted by Crippen LogP contribution is 2.37. The number of benzene rings is 2. The van der Waals surface area contributed by atoms with E-state index in [0.29, 0.717) is 17.1 Å². The van der Waals surface area contributed by atoms with Crippen LogP contribution in [0.3, 0.4) is 0 Å². The van der Waals surface area contributed by atoms with E-state index >= 15 is 0 Å². The predicted molar refractivity (Wildman–Crippen MR) is 88.6 cm³/mol. The van der Waals surface area contributed by atoms with E-state index in [9.17, 15) is 15.0 Å². The topological polar surface area (TPSA) is 89.1 Å². The van der Waals surface area contributed by atoms with Gasteiger partial charge in [0.25, 0.3) is 0 Å². The van der Waals surface area contributed by atoms with Crippen LogP contribution in [0.15, 0.2) is 45.6 Å². The Bertz CT molecular complexity index is 940. The van der Waals surface area contributed by atoms with Crippen molar-refractivity contribution in [1.82, 2.24) is 0 Å². The van der Waals surface area contributed by atoms with Crippen LogP contribution in [0.4, 0.5) is 0 Å². The Balaban J connectivity index is 2.26. The molecule has 3 rings (SSSR count). The fourth-order valence-corrected chi connectivity index (χ4v) is 2.54. The summed E-state index contributed by atoms with van der Waals surface area (Å²) in [5, 5.41) is 19.6. The summed E-state index contributed by atoms with van der Waals surface area (Å²) in [7, 11) is 2.91. The van der Waals surface area contributed by atoms with E-state index in [1.54, 1.807) is 31.4 Å². The normalized spacial score (nSPS) is 10.8. The average molecular weight is 328 g/mol. The van der Waals surface area contributed by atoms with Gasteiger partial charge in [0, 0.05) is 17.2 Å². The van der Waals surface area contributed by atoms with Gasteiger partial charge in [0.2, 0.25) is 0 Å². The summed E-state index contributed by atoms with van der Waals surface area (Å²) in [4.78, 5) is 12.5. The van der Waals surface area contributed by atoms with Crippen LogP contribution in [-0.4, -0.2) is 24.4 Å². The number of aliphatic hydroxyl groups excluding tert-OH is 1. The monoisotopic (exact) mass is 328 g/mol. The van der Waals surface area contributed by atoms with Crippen molar-refractivity contribution < 1.29 is 24.1 Å². The first-order valence-corrected chi connectivity index (χ1v) is 7.21. The maximum absolute atomic E-state index is 12.5. The summed E-state index contributed by atoms with van der Waals surface area (Å²) in [5.41, 5.74) is 0.799. The average Bonchev–Trinajstić information content (AvgIpc) is 2.61. The summed E-state index contributed by atoms with van der Waals surface area (Å²) >= 11 is 0. The Morgan fingerprint density at radius 2 is 1.79 bits per heavy atom. The van der Waals surface area contributed by atoms with Crippen LogP contribution in [-0.2, 0) is 6.61 Å². The van der Waals surface area contributed by atoms with E-state index in [0.717, 1.165) is 0 Å². The Hall–Kier alpha value is -2.99. The van der Waals surface area contributed by atoms with E-state index in [1.807, 2.05) is 0 Å². The van der Waals surface area contributed by atoms with Crippen molar-refractivity contribution in [2.75, 3.05) is 14.2 Å². The molecule has 6 heteroatoms. The molecule has 0 saturated carbocycles. The van der Waals surface area contributed by atoms with Gasteiger partial charge in [-0.2, -0.15) is 0 Å². The standard InChI is InChI=1S/C18H16O6/c1-22-12-5-3-10(4-6-12)14-8-13(20)16-15(24-14)7-11(9-19)17(21)18(16)23-2/h3-8,19,21H,9H2,1-2H3. The fraction of sp³-hybridized carbons (Fsp3) is 0.167. The van der Waals surface area contributed by atoms with Gasteiger partial charge in [-0.15, -0.1) is 0 Å². The van der Waals surface area contributed by atoms with Crippen molar-refractivity contribution in [3.8, 4) is 28.6 Å². The first-order chi connectivity index (χ1) is 11.6. The van der Waals surface area contributed by atoms with Crippen molar-refractivity contribution >= 4 is 11.0 Å². The zero-order valence-corrected chi connectivity index (χ0v) is 13.2. The molecule has 2 N–H and O–H groups in total. The van der Waals surface area contributed by atoms with Gasteiger partial charge in [0.15, 0.2) is 16.9 Å². The van der Waals surface area contributed by atoms with Crippen LogP contribution < -0.4 is 14.9 Å². The summed E-state index contributed by atoms with van der Waals surface area (Å²) in [6, 6.07) is 9.83. The number of methoxy groups -OCH3 is 2. The maximum Gasteiger partial charge on any atom is 0.197 e. The Labute approximate surface area is 137 Å². The SMILES string of the molecule is COc1ccc(-c2cc(=O)c3c(OC)c(O)c(CO)cc3o2)cc1. The largest absolute Gasteiger partial charge is 0.504 e. The van der Waals surface area contributed by atoms with Crippen LogP contribution in [0.1, 0.15) is 5.56 Å². The molecule has 0 aliphatic rings. The third-order valence-corrected chi connectivity index (χ3v) is 3.78. The lowest BCUT2D eigenvalue weighted by molar-refractivity contribution is 0.272. The number of hydrogen-bond donors (Lipinski definition) is 2. The van der Waals surface area contributed by atoms with Gasteiger partial charge < -0.3 is 24.1 Å². The lowest BCUT2D eigenvalue weighted by Crippen LogP contribution is -2.04. The summed E-state index contributed by atoms with van der Waals surface area (Å²) in [6.07, 6.45) is 0. The second kappa shape index (κ2) is 6.25. The van der Waals surface area contributed by atoms with Gasteiger partial charge in [-0.3, -0.25) is 4.79 Å². The van der Waals surface area contributed by atoms with Crippen LogP contribution in [0.5, 0.6) is 17.2 Å². The highest BCUT2D eigenvalue weighted by Gasteiger charge is 2.18. The number of aliphatic hydroxyl groups is 1. The molecular formula is C18H16O6. The molecule has 0 fully saturated rings. The van der Waals surface area contributed by atoms with Gasteiger partial charge in [-0.25, -0.2) is 0 Å². The van der Waals surface area contributed by atoms with Gasteiger partial charge >= 0.3 is 0 Å². The Morgan fingerprint density at radius 1 is 1.08 bits per heavy atom. The molecule has 0 unspecified atom stereocenters. The minimum absolute atomic E-state index is 0.00780. The van der Waals surface area contributed by atoms with E-state index in [2.05, 4.69) is 0 Å². The molecular weight excluding hydrogens is 312 g/mol. The molecule has 0 aliphatic heterocycles. The van der Waals surface area contributed by atoms with Crippen molar-refractivity contribution in [2.24, 2.45) is 0 Å². The van der Waals surface area contributed by atoms with Crippen LogP contribution in [0.25, 0.3) is 22.3 Å². The van der Waals surface area contributed by atoms with Gasteiger partial charge in [-0.1, -0.05) is 0 Å². The molecule has 0 radical (unpaired) electrons. The van der Waals surface area contributed by atoms with Crippen molar-refractivity contribution in [3.05, 3.63) is 52.2 Å². The van der Waals surface area contributed by atoms with Gasteiger partial charge in [0.1, 0.15) is 22.5 Å². The van der Waals surface area contributed by atoms with E-state index < -0.39 is 6.61 Å². The molecule has 3 aromatic rings. The minimum Gasteiger partial charge on any atom is -0.504 e. The zero-order valence-electron chi connectivity index (χ0n) is 13.2. The number of hydrogen-bond acceptors (Lipinski definition) is 6. The van der Waals surface area contributed by atoms with Crippen LogP contribution in [0, 0.1) is 0 Å². The lowest BCUT2D eigenvalue weighted by atomic mass is 10.1. The number of rotatable bonds is 4. The third-order valence-electron chi connectivity index (χ3n) is 3.78. The first-order valence-electron chi connectivity index (χ1n) is 7.21. The quantitative estimate of drug-likeness (QED) is 0.765. The fourth-order valence-electron chi connectivity index (χ4n) is 2.54. The molecule has 0 bridgehead atoms. The van der Waals surface area contributed by atoms with E-state index in [-0.39, 0.29) is 33.5 Å². The number of ether oxygens (including phenoxy) is 2. The van der Waals surface area contributed by atoms with Crippen molar-refractivity contribution in [1.29, 1.82) is 0 Å². The Morgan fingerprint density at radius 3 is 2.38 bits per heavy atom. The molecule has 0 spiro atoms. The van der Waals surface area contributed by atoms with E-state index in [4.69, 9.17) is 13.9 Å². The lowest BCUT2D eigenvalue weighted by Gasteiger charge is -2.11. The molecule has 2 aromatic carbocycles. The summed E-state index contributed by atoms with van der Waals surface area (Å²) in [5.74, 6) is 0.784. The van der Waals surface area contributed by atoms with Crippen LogP contribution >= 0.6 is 0 Å². The predicted octanol–water partition coefficient (Wildman–Crippen LogP) is 2.68. The van der Waals surface area contributed by atoms with Crippen molar-refractivity contribution in [3.63, 3.8) is 0 Å². The molecule has 124 valence electrons. The minimum atomic E-state index is -0.408. The highest BCUT2D eigenvalue weighted by molar-refractivity contribution is 5.88.